The predicted molar refractivity (Wildman–Crippen MR) is 94.7 cm³/mol. The van der Waals surface area contributed by atoms with E-state index in [2.05, 4.69) is 5.10 Å². The molecule has 6 nitrogen and oxygen atoms in total. The van der Waals surface area contributed by atoms with Crippen LogP contribution in [0.2, 0.25) is 0 Å². The average Bonchev–Trinajstić information content (AvgIpc) is 3.24. The smallest absolute Gasteiger partial charge is 0.342 e. The lowest BCUT2D eigenvalue weighted by molar-refractivity contribution is 0.0470. The average molecular weight is 350 g/mol. The summed E-state index contributed by atoms with van der Waals surface area (Å²) in [5.74, 6) is 0.985. The maximum absolute atomic E-state index is 12.6. The summed E-state index contributed by atoms with van der Waals surface area (Å²) in [5.41, 5.74) is 3.64. The van der Waals surface area contributed by atoms with Crippen molar-refractivity contribution < 1.29 is 19.0 Å². The molecule has 0 aliphatic carbocycles. The molecule has 1 aromatic heterocycles. The van der Waals surface area contributed by atoms with Gasteiger partial charge in [0.1, 0.15) is 12.2 Å². The van der Waals surface area contributed by atoms with Crippen LogP contribution in [0.4, 0.5) is 0 Å². The standard InChI is InChI=1S/C20H18N2O4/c1-13-19(14(2)22(21-13)16-6-4-3-5-7-16)20(23)24-11-15-8-9-17-18(10-15)26-12-25-17/h3-10H,11-12H2,1-2H3. The molecule has 0 fully saturated rings. The summed E-state index contributed by atoms with van der Waals surface area (Å²) in [6.07, 6.45) is 0. The highest BCUT2D eigenvalue weighted by atomic mass is 16.7. The number of benzene rings is 2. The number of rotatable bonds is 4. The number of nitrogens with zero attached hydrogens (tertiary/aromatic N) is 2. The van der Waals surface area contributed by atoms with E-state index in [0.717, 1.165) is 16.9 Å². The van der Waals surface area contributed by atoms with Crippen molar-refractivity contribution in [2.75, 3.05) is 6.79 Å². The second kappa shape index (κ2) is 6.55. The van der Waals surface area contributed by atoms with Crippen molar-refractivity contribution in [3.8, 4) is 17.2 Å². The molecule has 6 heteroatoms. The molecule has 1 aliphatic rings. The molecule has 1 aliphatic heterocycles. The number of para-hydroxylation sites is 1. The molecule has 0 N–H and O–H groups in total. The zero-order valence-electron chi connectivity index (χ0n) is 14.6. The second-order valence-corrected chi connectivity index (χ2v) is 6.06. The van der Waals surface area contributed by atoms with E-state index >= 15 is 0 Å². The molecule has 0 radical (unpaired) electrons. The van der Waals surface area contributed by atoms with Gasteiger partial charge in [0.25, 0.3) is 0 Å². The monoisotopic (exact) mass is 350 g/mol. The lowest BCUT2D eigenvalue weighted by Crippen LogP contribution is -2.08. The zero-order chi connectivity index (χ0) is 18.1. The SMILES string of the molecule is Cc1nn(-c2ccccc2)c(C)c1C(=O)OCc1ccc2c(c1)OCO2. The fourth-order valence-electron chi connectivity index (χ4n) is 3.01. The zero-order valence-corrected chi connectivity index (χ0v) is 14.6. The van der Waals surface area contributed by atoms with Gasteiger partial charge in [-0.1, -0.05) is 24.3 Å². The number of fused-ring (bicyclic) bond motifs is 1. The Hall–Kier alpha value is -3.28. The van der Waals surface area contributed by atoms with E-state index in [-0.39, 0.29) is 19.4 Å². The Bertz CT molecular complexity index is 963. The van der Waals surface area contributed by atoms with Crippen molar-refractivity contribution in [1.82, 2.24) is 9.78 Å². The van der Waals surface area contributed by atoms with Gasteiger partial charge in [-0.05, 0) is 43.7 Å². The Morgan fingerprint density at radius 3 is 2.69 bits per heavy atom. The number of hydrogen-bond acceptors (Lipinski definition) is 5. The molecule has 0 bridgehead atoms. The van der Waals surface area contributed by atoms with Gasteiger partial charge in [-0.25, -0.2) is 9.48 Å². The summed E-state index contributed by atoms with van der Waals surface area (Å²) < 4.78 is 17.9. The van der Waals surface area contributed by atoms with Crippen molar-refractivity contribution in [1.29, 1.82) is 0 Å². The van der Waals surface area contributed by atoms with E-state index in [4.69, 9.17) is 14.2 Å². The lowest BCUT2D eigenvalue weighted by atomic mass is 10.2. The summed E-state index contributed by atoms with van der Waals surface area (Å²) in [6, 6.07) is 15.2. The lowest BCUT2D eigenvalue weighted by Gasteiger charge is -2.07. The molecule has 4 rings (SSSR count). The van der Waals surface area contributed by atoms with Crippen molar-refractivity contribution in [2.45, 2.75) is 20.5 Å². The van der Waals surface area contributed by atoms with Crippen LogP contribution >= 0.6 is 0 Å². The van der Waals surface area contributed by atoms with Gasteiger partial charge >= 0.3 is 5.97 Å². The molecule has 0 unspecified atom stereocenters. The van der Waals surface area contributed by atoms with Gasteiger partial charge in [0.05, 0.1) is 17.1 Å². The third-order valence-corrected chi connectivity index (χ3v) is 4.30. The minimum atomic E-state index is -0.389. The van der Waals surface area contributed by atoms with E-state index in [1.807, 2.05) is 62.4 Å². The molecule has 0 spiro atoms. The van der Waals surface area contributed by atoms with Gasteiger partial charge in [0.15, 0.2) is 11.5 Å². The quantitative estimate of drug-likeness (QED) is 0.673. The van der Waals surface area contributed by atoms with Gasteiger partial charge in [-0.2, -0.15) is 5.10 Å². The van der Waals surface area contributed by atoms with Crippen LogP contribution in [0.15, 0.2) is 48.5 Å². The first-order valence-corrected chi connectivity index (χ1v) is 8.31. The molecule has 0 amide bonds. The number of hydrogen-bond donors (Lipinski definition) is 0. The normalized spacial score (nSPS) is 12.2. The molecular weight excluding hydrogens is 332 g/mol. The third-order valence-electron chi connectivity index (χ3n) is 4.30. The fourth-order valence-corrected chi connectivity index (χ4v) is 3.01. The van der Waals surface area contributed by atoms with E-state index in [0.29, 0.717) is 22.8 Å². The fraction of sp³-hybridized carbons (Fsp3) is 0.200. The molecule has 2 aromatic carbocycles. The van der Waals surface area contributed by atoms with Crippen LogP contribution in [0.1, 0.15) is 27.3 Å². The van der Waals surface area contributed by atoms with Crippen molar-refractivity contribution >= 4 is 5.97 Å². The van der Waals surface area contributed by atoms with E-state index < -0.39 is 0 Å². The summed E-state index contributed by atoms with van der Waals surface area (Å²) in [5, 5.41) is 4.48. The van der Waals surface area contributed by atoms with Crippen LogP contribution in [-0.2, 0) is 11.3 Å². The molecule has 0 saturated heterocycles. The van der Waals surface area contributed by atoms with Crippen LogP contribution in [-0.4, -0.2) is 22.5 Å². The second-order valence-electron chi connectivity index (χ2n) is 6.06. The highest BCUT2D eigenvalue weighted by Crippen LogP contribution is 2.32. The predicted octanol–water partition coefficient (Wildman–Crippen LogP) is 3.57. The van der Waals surface area contributed by atoms with Crippen LogP contribution < -0.4 is 9.47 Å². The molecule has 0 atom stereocenters. The summed E-state index contributed by atoms with van der Waals surface area (Å²) >= 11 is 0. The Morgan fingerprint density at radius 2 is 1.88 bits per heavy atom. The number of aryl methyl sites for hydroxylation is 1. The molecule has 0 saturated carbocycles. The van der Waals surface area contributed by atoms with Gasteiger partial charge in [-0.3, -0.25) is 0 Å². The number of aromatic nitrogens is 2. The van der Waals surface area contributed by atoms with Gasteiger partial charge < -0.3 is 14.2 Å². The van der Waals surface area contributed by atoms with Gasteiger partial charge in [0, 0.05) is 0 Å². The first kappa shape index (κ1) is 16.2. The Labute approximate surface area is 150 Å². The highest BCUT2D eigenvalue weighted by molar-refractivity contribution is 5.92. The molecule has 132 valence electrons. The molecule has 26 heavy (non-hydrogen) atoms. The van der Waals surface area contributed by atoms with Crippen molar-refractivity contribution in [3.05, 3.63) is 71.0 Å². The van der Waals surface area contributed by atoms with E-state index in [1.165, 1.54) is 0 Å². The Balaban J connectivity index is 1.53. The minimum absolute atomic E-state index is 0.158. The van der Waals surface area contributed by atoms with Crippen LogP contribution in [0.25, 0.3) is 5.69 Å². The van der Waals surface area contributed by atoms with Gasteiger partial charge in [-0.15, -0.1) is 0 Å². The van der Waals surface area contributed by atoms with Gasteiger partial charge in [0.2, 0.25) is 6.79 Å². The van der Waals surface area contributed by atoms with Crippen LogP contribution in [0, 0.1) is 13.8 Å². The minimum Gasteiger partial charge on any atom is -0.457 e. The maximum Gasteiger partial charge on any atom is 0.342 e. The molecular formula is C20H18N2O4. The number of esters is 1. The first-order valence-electron chi connectivity index (χ1n) is 8.31. The van der Waals surface area contributed by atoms with E-state index in [9.17, 15) is 4.79 Å². The van der Waals surface area contributed by atoms with Crippen LogP contribution in [0.5, 0.6) is 11.5 Å². The maximum atomic E-state index is 12.6. The number of ether oxygens (including phenoxy) is 3. The highest BCUT2D eigenvalue weighted by Gasteiger charge is 2.21. The van der Waals surface area contributed by atoms with Crippen LogP contribution in [0.3, 0.4) is 0 Å². The summed E-state index contributed by atoms with van der Waals surface area (Å²) in [4.78, 5) is 12.6. The Kier molecular flexibility index (Phi) is 4.08. The third kappa shape index (κ3) is 2.90. The summed E-state index contributed by atoms with van der Waals surface area (Å²) in [7, 11) is 0. The topological polar surface area (TPSA) is 62.6 Å². The first-order chi connectivity index (χ1) is 12.6. The molecule has 3 aromatic rings. The van der Waals surface area contributed by atoms with Crippen molar-refractivity contribution in [2.24, 2.45) is 0 Å². The largest absolute Gasteiger partial charge is 0.457 e. The number of carbonyl (C=O) groups excluding carboxylic acids is 1. The summed E-state index contributed by atoms with van der Waals surface area (Å²) in [6.45, 7) is 4.05. The number of carbonyl (C=O) groups is 1. The van der Waals surface area contributed by atoms with Crippen molar-refractivity contribution in [3.63, 3.8) is 0 Å². The molecule has 2 heterocycles. The van der Waals surface area contributed by atoms with E-state index in [1.54, 1.807) is 4.68 Å². The Morgan fingerprint density at radius 1 is 1.12 bits per heavy atom.